The van der Waals surface area contributed by atoms with Gasteiger partial charge >= 0.3 is 0 Å². The van der Waals surface area contributed by atoms with Crippen LogP contribution in [-0.4, -0.2) is 30.5 Å². The average Bonchev–Trinajstić information content (AvgIpc) is 2.77. The lowest BCUT2D eigenvalue weighted by atomic mass is 10.2. The van der Waals surface area contributed by atoms with Crippen LogP contribution in [0.5, 0.6) is 0 Å². The monoisotopic (exact) mass is 309 g/mol. The summed E-state index contributed by atoms with van der Waals surface area (Å²) in [6.07, 6.45) is 0. The average molecular weight is 311 g/mol. The van der Waals surface area contributed by atoms with Crippen molar-refractivity contribution in [2.75, 3.05) is 13.2 Å². The van der Waals surface area contributed by atoms with Crippen LogP contribution in [-0.2, 0) is 4.74 Å². The molecule has 1 N–H and O–H groups in total. The number of ether oxygens (including phenoxy) is 1. The Morgan fingerprint density at radius 2 is 2.47 bits per heavy atom. The molecule has 0 aliphatic carbocycles. The Bertz CT molecular complexity index is 371. The second kappa shape index (κ2) is 4.82. The summed E-state index contributed by atoms with van der Waals surface area (Å²) >= 11 is 10.8. The largest absolute Gasteiger partial charge is 0.378 e. The molecule has 1 saturated heterocycles. The standard InChI is InChI=1S/C9H9BrClNO2S/c10-8-1-5(4-15-8)9(13)12-7-3-14-2-6(7)11/h1,4,6-7H,2-3H2,(H,12,13). The molecule has 0 bridgehead atoms. The van der Waals surface area contributed by atoms with Crippen LogP contribution in [0.4, 0.5) is 0 Å². The lowest BCUT2D eigenvalue weighted by molar-refractivity contribution is 0.0930. The number of carbonyl (C=O) groups excluding carboxylic acids is 1. The first-order chi connectivity index (χ1) is 7.16. The third-order valence-corrected chi connectivity index (χ3v) is 4.09. The molecule has 82 valence electrons. The summed E-state index contributed by atoms with van der Waals surface area (Å²) in [5.41, 5.74) is 0.655. The topological polar surface area (TPSA) is 38.3 Å². The molecular weight excluding hydrogens is 302 g/mol. The van der Waals surface area contributed by atoms with Gasteiger partial charge in [-0.05, 0) is 22.0 Å². The highest BCUT2D eigenvalue weighted by Gasteiger charge is 2.28. The van der Waals surface area contributed by atoms with E-state index in [0.29, 0.717) is 18.8 Å². The fourth-order valence-corrected chi connectivity index (χ4v) is 2.70. The molecule has 2 rings (SSSR count). The molecule has 6 heteroatoms. The van der Waals surface area contributed by atoms with E-state index in [1.54, 1.807) is 11.4 Å². The first-order valence-corrected chi connectivity index (χ1v) is 6.54. The van der Waals surface area contributed by atoms with Gasteiger partial charge in [-0.1, -0.05) is 0 Å². The molecule has 0 aromatic carbocycles. The Morgan fingerprint density at radius 1 is 1.67 bits per heavy atom. The SMILES string of the molecule is O=C(NC1COCC1Cl)c1csc(Br)c1. The third-order valence-electron chi connectivity index (χ3n) is 2.16. The Kier molecular flexibility index (Phi) is 3.66. The van der Waals surface area contributed by atoms with Gasteiger partial charge in [0.15, 0.2) is 0 Å². The van der Waals surface area contributed by atoms with E-state index in [1.165, 1.54) is 11.3 Å². The van der Waals surface area contributed by atoms with E-state index in [-0.39, 0.29) is 17.3 Å². The summed E-state index contributed by atoms with van der Waals surface area (Å²) in [6.45, 7) is 0.991. The van der Waals surface area contributed by atoms with Crippen LogP contribution in [0.1, 0.15) is 10.4 Å². The Morgan fingerprint density at radius 3 is 3.00 bits per heavy atom. The van der Waals surface area contributed by atoms with E-state index < -0.39 is 0 Å². The van der Waals surface area contributed by atoms with E-state index in [4.69, 9.17) is 16.3 Å². The highest BCUT2D eigenvalue weighted by molar-refractivity contribution is 9.11. The molecule has 0 spiro atoms. The van der Waals surface area contributed by atoms with E-state index in [9.17, 15) is 4.79 Å². The van der Waals surface area contributed by atoms with Gasteiger partial charge in [-0.15, -0.1) is 22.9 Å². The maximum atomic E-state index is 11.7. The van der Waals surface area contributed by atoms with Crippen LogP contribution in [0.3, 0.4) is 0 Å². The van der Waals surface area contributed by atoms with E-state index in [2.05, 4.69) is 21.2 Å². The van der Waals surface area contributed by atoms with Gasteiger partial charge in [-0.25, -0.2) is 0 Å². The molecule has 0 saturated carbocycles. The number of hydrogen-bond acceptors (Lipinski definition) is 3. The van der Waals surface area contributed by atoms with Crippen LogP contribution in [0.2, 0.25) is 0 Å². The van der Waals surface area contributed by atoms with Crippen LogP contribution in [0.25, 0.3) is 0 Å². The van der Waals surface area contributed by atoms with Crippen molar-refractivity contribution >= 4 is 44.8 Å². The maximum absolute atomic E-state index is 11.7. The zero-order chi connectivity index (χ0) is 10.8. The molecule has 1 aliphatic rings. The summed E-state index contributed by atoms with van der Waals surface area (Å²) < 4.78 is 6.10. The van der Waals surface area contributed by atoms with Gasteiger partial charge in [0.2, 0.25) is 0 Å². The van der Waals surface area contributed by atoms with Crippen molar-refractivity contribution in [2.24, 2.45) is 0 Å². The molecule has 3 nitrogen and oxygen atoms in total. The lowest BCUT2D eigenvalue weighted by Crippen LogP contribution is -2.40. The number of rotatable bonds is 2. The van der Waals surface area contributed by atoms with Crippen molar-refractivity contribution in [3.05, 3.63) is 20.8 Å². The van der Waals surface area contributed by atoms with Gasteiger partial charge in [0, 0.05) is 5.38 Å². The minimum Gasteiger partial charge on any atom is -0.378 e. The van der Waals surface area contributed by atoms with Crippen LogP contribution in [0.15, 0.2) is 15.2 Å². The smallest absolute Gasteiger partial charge is 0.252 e. The Labute approximate surface area is 105 Å². The van der Waals surface area contributed by atoms with Crippen molar-refractivity contribution in [3.8, 4) is 0 Å². The van der Waals surface area contributed by atoms with Gasteiger partial charge in [-0.3, -0.25) is 4.79 Å². The van der Waals surface area contributed by atoms with Crippen molar-refractivity contribution in [1.29, 1.82) is 0 Å². The summed E-state index contributed by atoms with van der Waals surface area (Å²) in [4.78, 5) is 11.7. The van der Waals surface area contributed by atoms with E-state index in [1.807, 2.05) is 0 Å². The Balaban J connectivity index is 1.97. The molecule has 2 heterocycles. The third kappa shape index (κ3) is 2.72. The van der Waals surface area contributed by atoms with Crippen molar-refractivity contribution in [3.63, 3.8) is 0 Å². The molecule has 2 atom stereocenters. The van der Waals surface area contributed by atoms with Crippen molar-refractivity contribution in [2.45, 2.75) is 11.4 Å². The van der Waals surface area contributed by atoms with E-state index >= 15 is 0 Å². The predicted octanol–water partition coefficient (Wildman–Crippen LogP) is 2.25. The summed E-state index contributed by atoms with van der Waals surface area (Å²) in [7, 11) is 0. The second-order valence-corrected chi connectivity index (χ2v) is 6.12. The van der Waals surface area contributed by atoms with Gasteiger partial charge < -0.3 is 10.1 Å². The highest BCUT2D eigenvalue weighted by atomic mass is 79.9. The van der Waals surface area contributed by atoms with Crippen LogP contribution >= 0.6 is 38.9 Å². The quantitative estimate of drug-likeness (QED) is 0.851. The van der Waals surface area contributed by atoms with Crippen LogP contribution < -0.4 is 5.32 Å². The van der Waals surface area contributed by atoms with Crippen LogP contribution in [0, 0.1) is 0 Å². The molecule has 1 aromatic rings. The van der Waals surface area contributed by atoms with Gasteiger partial charge in [0.05, 0.1) is 34.0 Å². The fraction of sp³-hybridized carbons (Fsp3) is 0.444. The predicted molar refractivity (Wildman–Crippen MR) is 63.7 cm³/mol. The molecule has 1 aliphatic heterocycles. The molecule has 1 aromatic heterocycles. The number of amides is 1. The normalized spacial score (nSPS) is 25.5. The first kappa shape index (κ1) is 11.4. The van der Waals surface area contributed by atoms with Crippen molar-refractivity contribution in [1.82, 2.24) is 5.32 Å². The number of nitrogens with one attached hydrogen (secondary N) is 1. The maximum Gasteiger partial charge on any atom is 0.252 e. The van der Waals surface area contributed by atoms with Gasteiger partial charge in [0.25, 0.3) is 5.91 Å². The minimum atomic E-state index is -0.129. The van der Waals surface area contributed by atoms with Gasteiger partial charge in [-0.2, -0.15) is 0 Å². The molecule has 1 fully saturated rings. The number of alkyl halides is 1. The molecule has 0 radical (unpaired) electrons. The minimum absolute atomic E-state index is 0.0853. The summed E-state index contributed by atoms with van der Waals surface area (Å²) in [6, 6.07) is 1.71. The Hall–Kier alpha value is -0.100. The zero-order valence-electron chi connectivity index (χ0n) is 7.70. The number of halogens is 2. The lowest BCUT2D eigenvalue weighted by Gasteiger charge is -2.12. The molecule has 2 unspecified atom stereocenters. The molecule has 1 amide bonds. The molecular formula is C9H9BrClNO2S. The summed E-state index contributed by atoms with van der Waals surface area (Å²) in [5.74, 6) is -0.0990. The summed E-state index contributed by atoms with van der Waals surface area (Å²) in [5, 5.41) is 4.52. The van der Waals surface area contributed by atoms with Crippen molar-refractivity contribution < 1.29 is 9.53 Å². The zero-order valence-corrected chi connectivity index (χ0v) is 10.9. The first-order valence-electron chi connectivity index (χ1n) is 4.43. The fourth-order valence-electron chi connectivity index (χ4n) is 1.34. The van der Waals surface area contributed by atoms with Gasteiger partial charge in [0.1, 0.15) is 0 Å². The second-order valence-electron chi connectivity index (χ2n) is 3.27. The van der Waals surface area contributed by atoms with E-state index in [0.717, 1.165) is 3.79 Å². The number of carbonyl (C=O) groups is 1. The number of thiophene rings is 1. The number of hydrogen-bond donors (Lipinski definition) is 1. The molecule has 15 heavy (non-hydrogen) atoms. The highest BCUT2D eigenvalue weighted by Crippen LogP contribution is 2.21.